The predicted molar refractivity (Wildman–Crippen MR) is 90.5 cm³/mol. The Kier molecular flexibility index (Phi) is 5.53. The van der Waals surface area contributed by atoms with Gasteiger partial charge in [0.25, 0.3) is 11.6 Å². The Morgan fingerprint density at radius 2 is 2.04 bits per heavy atom. The Hall–Kier alpha value is -2.45. The summed E-state index contributed by atoms with van der Waals surface area (Å²) in [5.41, 5.74) is 6.88. The largest absolute Gasteiger partial charge is 0.349 e. The highest BCUT2D eigenvalue weighted by atomic mass is 35.5. The number of carbonyl (C=O) groups excluding carboxylic acids is 1. The average molecular weight is 352 g/mol. The number of nitro groups is 1. The molecule has 0 aliphatic heterocycles. The number of nitrogens with zero attached hydrogens (tertiary/aromatic N) is 3. The smallest absolute Gasteiger partial charge is 0.271 e. The van der Waals surface area contributed by atoms with Crippen LogP contribution in [0.5, 0.6) is 0 Å². The molecule has 2 aromatic rings. The molecule has 3 rings (SSSR count). The zero-order valence-corrected chi connectivity index (χ0v) is 13.6. The lowest BCUT2D eigenvalue weighted by molar-refractivity contribution is -0.384. The zero-order valence-electron chi connectivity index (χ0n) is 12.8. The molecule has 24 heavy (non-hydrogen) atoms. The molecule has 1 aliphatic carbocycles. The fourth-order valence-electron chi connectivity index (χ4n) is 2.31. The van der Waals surface area contributed by atoms with Crippen LogP contribution in [0.2, 0.25) is 0 Å². The van der Waals surface area contributed by atoms with Crippen LogP contribution in [0.3, 0.4) is 0 Å². The quantitative estimate of drug-likeness (QED) is 0.606. The van der Waals surface area contributed by atoms with Gasteiger partial charge >= 0.3 is 0 Å². The number of nitro benzene ring substituents is 1. The van der Waals surface area contributed by atoms with Crippen LogP contribution in [0.1, 0.15) is 23.3 Å². The second kappa shape index (κ2) is 7.41. The van der Waals surface area contributed by atoms with E-state index in [1.807, 2.05) is 0 Å². The van der Waals surface area contributed by atoms with Crippen LogP contribution >= 0.6 is 12.4 Å². The Morgan fingerprint density at radius 1 is 1.38 bits per heavy atom. The van der Waals surface area contributed by atoms with E-state index in [9.17, 15) is 14.9 Å². The summed E-state index contributed by atoms with van der Waals surface area (Å²) in [5.74, 6) is 0.245. The molecule has 0 bridgehead atoms. The van der Waals surface area contributed by atoms with Gasteiger partial charge in [-0.15, -0.1) is 12.4 Å². The normalized spacial score (nSPS) is 14.5. The summed E-state index contributed by atoms with van der Waals surface area (Å²) in [7, 11) is 0. The van der Waals surface area contributed by atoms with Crippen LogP contribution in [0.25, 0.3) is 5.69 Å². The molecule has 1 atom stereocenters. The highest BCUT2D eigenvalue weighted by molar-refractivity contribution is 5.92. The third-order valence-electron chi connectivity index (χ3n) is 3.87. The fraction of sp³-hybridized carbons (Fsp3) is 0.333. The lowest BCUT2D eigenvalue weighted by Crippen LogP contribution is -2.38. The maximum atomic E-state index is 12.0. The van der Waals surface area contributed by atoms with Gasteiger partial charge in [-0.2, -0.15) is 5.10 Å². The number of amides is 1. The van der Waals surface area contributed by atoms with Crippen LogP contribution in [0, 0.1) is 16.0 Å². The maximum Gasteiger partial charge on any atom is 0.271 e. The van der Waals surface area contributed by atoms with Gasteiger partial charge in [-0.05, 0) is 37.0 Å². The topological polar surface area (TPSA) is 116 Å². The van der Waals surface area contributed by atoms with Crippen molar-refractivity contribution in [3.63, 3.8) is 0 Å². The number of hydrogen-bond donors (Lipinski definition) is 2. The molecule has 1 unspecified atom stereocenters. The molecule has 0 saturated heterocycles. The molecule has 0 spiro atoms. The molecule has 0 radical (unpaired) electrons. The highest BCUT2D eigenvalue weighted by Gasteiger charge is 2.28. The molecule has 3 N–H and O–H groups in total. The number of hydrogen-bond acceptors (Lipinski definition) is 5. The predicted octanol–water partition coefficient (Wildman–Crippen LogP) is 1.67. The van der Waals surface area contributed by atoms with Crippen LogP contribution in [-0.4, -0.2) is 33.2 Å². The average Bonchev–Trinajstić information content (AvgIpc) is 3.29. The number of benzene rings is 1. The number of halogens is 1. The standard InChI is InChI=1S/C15H17N5O3.ClH/c16-13(10-1-2-10)9-17-15(21)14-7-8-19(18-14)11-3-5-12(6-4-11)20(22)23;/h3-8,10,13H,1-2,9,16H2,(H,17,21);1H. The van der Waals surface area contributed by atoms with Crippen molar-refractivity contribution in [1.82, 2.24) is 15.1 Å². The van der Waals surface area contributed by atoms with Crippen molar-refractivity contribution < 1.29 is 9.72 Å². The molecule has 9 heteroatoms. The van der Waals surface area contributed by atoms with Gasteiger partial charge in [-0.25, -0.2) is 4.68 Å². The molecule has 1 aliphatic rings. The molecule has 1 amide bonds. The fourth-order valence-corrected chi connectivity index (χ4v) is 2.31. The highest BCUT2D eigenvalue weighted by Crippen LogP contribution is 2.31. The molecular formula is C15H18ClN5O3. The Balaban J connectivity index is 0.00000208. The minimum absolute atomic E-state index is 0. The third-order valence-corrected chi connectivity index (χ3v) is 3.87. The summed E-state index contributed by atoms with van der Waals surface area (Å²) < 4.78 is 1.50. The number of nitrogens with one attached hydrogen (secondary N) is 1. The SMILES string of the molecule is Cl.NC(CNC(=O)c1ccn(-c2ccc([N+](=O)[O-])cc2)n1)C1CC1. The molecular weight excluding hydrogens is 334 g/mol. The lowest BCUT2D eigenvalue weighted by Gasteiger charge is -2.10. The van der Waals surface area contributed by atoms with Crippen molar-refractivity contribution in [1.29, 1.82) is 0 Å². The summed E-state index contributed by atoms with van der Waals surface area (Å²) in [6.07, 6.45) is 3.90. The van der Waals surface area contributed by atoms with E-state index in [1.54, 1.807) is 24.4 Å². The molecule has 1 fully saturated rings. The second-order valence-corrected chi connectivity index (χ2v) is 5.63. The van der Waals surface area contributed by atoms with E-state index >= 15 is 0 Å². The minimum Gasteiger partial charge on any atom is -0.349 e. The number of nitrogens with two attached hydrogens (primary N) is 1. The third kappa shape index (κ3) is 4.09. The van der Waals surface area contributed by atoms with Crippen LogP contribution < -0.4 is 11.1 Å². The van der Waals surface area contributed by atoms with Gasteiger partial charge in [0.1, 0.15) is 0 Å². The van der Waals surface area contributed by atoms with Crippen molar-refractivity contribution in [3.05, 3.63) is 52.3 Å². The van der Waals surface area contributed by atoms with E-state index < -0.39 is 4.92 Å². The number of aromatic nitrogens is 2. The van der Waals surface area contributed by atoms with Gasteiger partial charge in [-0.1, -0.05) is 0 Å². The first-order valence-corrected chi connectivity index (χ1v) is 7.39. The van der Waals surface area contributed by atoms with Crippen LogP contribution in [0.4, 0.5) is 5.69 Å². The monoisotopic (exact) mass is 351 g/mol. The molecule has 1 aromatic heterocycles. The lowest BCUT2D eigenvalue weighted by atomic mass is 10.2. The van der Waals surface area contributed by atoms with E-state index in [4.69, 9.17) is 5.73 Å². The number of carbonyl (C=O) groups is 1. The van der Waals surface area contributed by atoms with E-state index in [-0.39, 0.29) is 35.7 Å². The first-order valence-electron chi connectivity index (χ1n) is 7.39. The summed E-state index contributed by atoms with van der Waals surface area (Å²) in [5, 5.41) is 17.6. The van der Waals surface area contributed by atoms with Gasteiger partial charge in [-0.3, -0.25) is 14.9 Å². The Morgan fingerprint density at radius 3 is 2.62 bits per heavy atom. The molecule has 128 valence electrons. The zero-order chi connectivity index (χ0) is 16.4. The Labute approximate surface area is 144 Å². The Bertz CT molecular complexity index is 727. The van der Waals surface area contributed by atoms with E-state index in [0.717, 1.165) is 12.8 Å². The minimum atomic E-state index is -0.463. The van der Waals surface area contributed by atoms with Gasteiger partial charge < -0.3 is 11.1 Å². The summed E-state index contributed by atoms with van der Waals surface area (Å²) in [6, 6.07) is 7.54. The number of non-ortho nitro benzene ring substituents is 1. The summed E-state index contributed by atoms with van der Waals surface area (Å²) >= 11 is 0. The molecule has 8 nitrogen and oxygen atoms in total. The molecule has 1 heterocycles. The van der Waals surface area contributed by atoms with Gasteiger partial charge in [0.2, 0.25) is 0 Å². The summed E-state index contributed by atoms with van der Waals surface area (Å²) in [4.78, 5) is 22.2. The van der Waals surface area contributed by atoms with Crippen molar-refractivity contribution in [2.24, 2.45) is 11.7 Å². The van der Waals surface area contributed by atoms with Gasteiger partial charge in [0, 0.05) is 30.9 Å². The summed E-state index contributed by atoms with van der Waals surface area (Å²) in [6.45, 7) is 0.438. The maximum absolute atomic E-state index is 12.0. The van der Waals surface area contributed by atoms with E-state index in [0.29, 0.717) is 18.2 Å². The van der Waals surface area contributed by atoms with E-state index in [2.05, 4.69) is 10.4 Å². The van der Waals surface area contributed by atoms with Crippen LogP contribution in [0.15, 0.2) is 36.5 Å². The van der Waals surface area contributed by atoms with Crippen LogP contribution in [-0.2, 0) is 0 Å². The van der Waals surface area contributed by atoms with Gasteiger partial charge in [0.15, 0.2) is 5.69 Å². The van der Waals surface area contributed by atoms with E-state index in [1.165, 1.54) is 16.8 Å². The molecule has 1 aromatic carbocycles. The van der Waals surface area contributed by atoms with Crippen molar-refractivity contribution in [2.75, 3.05) is 6.54 Å². The van der Waals surface area contributed by atoms with Crippen molar-refractivity contribution in [2.45, 2.75) is 18.9 Å². The molecule has 1 saturated carbocycles. The van der Waals surface area contributed by atoms with Crippen molar-refractivity contribution in [3.8, 4) is 5.69 Å². The first kappa shape index (κ1) is 17.9. The van der Waals surface area contributed by atoms with Crippen molar-refractivity contribution >= 4 is 24.0 Å². The second-order valence-electron chi connectivity index (χ2n) is 5.63. The first-order chi connectivity index (χ1) is 11.0. The number of rotatable bonds is 6. The van der Waals surface area contributed by atoms with Gasteiger partial charge in [0.05, 0.1) is 10.6 Å².